The SMILES string of the molecule is O=C1COc2ccc(S(=O)(=O)NC(Cc3ccccc3)C(=O)O)cc2N1. The van der Waals surface area contributed by atoms with Crippen molar-refractivity contribution in [3.63, 3.8) is 0 Å². The summed E-state index contributed by atoms with van der Waals surface area (Å²) < 4.78 is 32.5. The lowest BCUT2D eigenvalue weighted by molar-refractivity contribution is -0.138. The summed E-state index contributed by atoms with van der Waals surface area (Å²) in [7, 11) is -4.11. The highest BCUT2D eigenvalue weighted by atomic mass is 32.2. The van der Waals surface area contributed by atoms with Gasteiger partial charge in [0.05, 0.1) is 10.6 Å². The minimum Gasteiger partial charge on any atom is -0.482 e. The molecule has 8 nitrogen and oxygen atoms in total. The highest BCUT2D eigenvalue weighted by molar-refractivity contribution is 7.89. The third kappa shape index (κ3) is 4.01. The zero-order valence-electron chi connectivity index (χ0n) is 13.5. The number of fused-ring (bicyclic) bond motifs is 1. The van der Waals surface area contributed by atoms with Gasteiger partial charge in [0, 0.05) is 0 Å². The molecule has 2 aromatic rings. The summed E-state index contributed by atoms with van der Waals surface area (Å²) in [6.45, 7) is -0.143. The van der Waals surface area contributed by atoms with Crippen LogP contribution in [-0.2, 0) is 26.0 Å². The number of nitrogens with one attached hydrogen (secondary N) is 2. The summed E-state index contributed by atoms with van der Waals surface area (Å²) >= 11 is 0. The fourth-order valence-electron chi connectivity index (χ4n) is 2.51. The van der Waals surface area contributed by atoms with Gasteiger partial charge in [0.1, 0.15) is 11.8 Å². The topological polar surface area (TPSA) is 122 Å². The first-order valence-corrected chi connectivity index (χ1v) is 9.19. The van der Waals surface area contributed by atoms with Crippen molar-refractivity contribution in [1.82, 2.24) is 4.72 Å². The second kappa shape index (κ2) is 7.14. The molecule has 1 atom stereocenters. The van der Waals surface area contributed by atoms with Gasteiger partial charge in [0.15, 0.2) is 6.61 Å². The molecule has 3 N–H and O–H groups in total. The van der Waals surface area contributed by atoms with Gasteiger partial charge in [-0.1, -0.05) is 30.3 Å². The Morgan fingerprint density at radius 3 is 2.65 bits per heavy atom. The van der Waals surface area contributed by atoms with Crippen molar-refractivity contribution in [2.24, 2.45) is 0 Å². The molecule has 0 spiro atoms. The van der Waals surface area contributed by atoms with E-state index in [9.17, 15) is 23.1 Å². The van der Waals surface area contributed by atoms with Crippen molar-refractivity contribution in [2.45, 2.75) is 17.4 Å². The smallest absolute Gasteiger partial charge is 0.322 e. The van der Waals surface area contributed by atoms with Gasteiger partial charge >= 0.3 is 5.97 Å². The van der Waals surface area contributed by atoms with Gasteiger partial charge in [-0.05, 0) is 30.2 Å². The van der Waals surface area contributed by atoms with E-state index >= 15 is 0 Å². The molecular weight excluding hydrogens is 360 g/mol. The summed E-state index contributed by atoms with van der Waals surface area (Å²) in [5.41, 5.74) is 0.910. The molecule has 1 amide bonds. The van der Waals surface area contributed by atoms with E-state index in [4.69, 9.17) is 4.74 Å². The lowest BCUT2D eigenvalue weighted by Crippen LogP contribution is -2.42. The van der Waals surface area contributed by atoms with Crippen LogP contribution in [0.15, 0.2) is 53.4 Å². The average molecular weight is 376 g/mol. The fourth-order valence-corrected chi connectivity index (χ4v) is 3.73. The molecule has 136 valence electrons. The van der Waals surface area contributed by atoms with Gasteiger partial charge in [0.25, 0.3) is 5.91 Å². The standard InChI is InChI=1S/C17H16N2O6S/c20-16-10-25-15-7-6-12(9-13(15)18-16)26(23,24)19-14(17(21)22)8-11-4-2-1-3-5-11/h1-7,9,14,19H,8,10H2,(H,18,20)(H,21,22). The quantitative estimate of drug-likeness (QED) is 0.691. The maximum absolute atomic E-state index is 12.6. The first-order valence-electron chi connectivity index (χ1n) is 7.71. The second-order valence-corrected chi connectivity index (χ2v) is 7.41. The number of benzene rings is 2. The molecule has 0 saturated carbocycles. The number of hydrogen-bond acceptors (Lipinski definition) is 5. The van der Waals surface area contributed by atoms with E-state index in [1.54, 1.807) is 30.3 Å². The van der Waals surface area contributed by atoms with Crippen molar-refractivity contribution < 1.29 is 27.9 Å². The van der Waals surface area contributed by atoms with Crippen LogP contribution in [0.25, 0.3) is 0 Å². The number of ether oxygens (including phenoxy) is 1. The summed E-state index contributed by atoms with van der Waals surface area (Å²) in [4.78, 5) is 22.7. The number of anilines is 1. The third-order valence-corrected chi connectivity index (χ3v) is 5.24. The molecule has 2 aromatic carbocycles. The summed E-state index contributed by atoms with van der Waals surface area (Å²) in [6.07, 6.45) is 0.000190. The van der Waals surface area contributed by atoms with Crippen molar-refractivity contribution in [3.8, 4) is 5.75 Å². The molecule has 0 fully saturated rings. The number of amides is 1. The van der Waals surface area contributed by atoms with E-state index in [1.807, 2.05) is 0 Å². The Labute approximate surface area is 149 Å². The van der Waals surface area contributed by atoms with Crippen molar-refractivity contribution in [3.05, 3.63) is 54.1 Å². The van der Waals surface area contributed by atoms with Gasteiger partial charge in [-0.2, -0.15) is 4.72 Å². The molecule has 9 heteroatoms. The molecule has 0 radical (unpaired) electrons. The number of sulfonamides is 1. The zero-order valence-corrected chi connectivity index (χ0v) is 14.3. The Kier molecular flexibility index (Phi) is 4.92. The maximum Gasteiger partial charge on any atom is 0.322 e. The Morgan fingerprint density at radius 1 is 1.23 bits per heavy atom. The van der Waals surface area contributed by atoms with Gasteiger partial charge in [-0.3, -0.25) is 9.59 Å². The van der Waals surface area contributed by atoms with Crippen LogP contribution >= 0.6 is 0 Å². The summed E-state index contributed by atoms with van der Waals surface area (Å²) in [6, 6.07) is 11.3. The molecule has 0 aliphatic carbocycles. The molecule has 0 saturated heterocycles. The van der Waals surface area contributed by atoms with Crippen molar-refractivity contribution in [2.75, 3.05) is 11.9 Å². The van der Waals surface area contributed by atoms with E-state index in [2.05, 4.69) is 10.0 Å². The van der Waals surface area contributed by atoms with Gasteiger partial charge in [-0.25, -0.2) is 8.42 Å². The summed E-state index contributed by atoms with van der Waals surface area (Å²) in [5.74, 6) is -1.33. The van der Waals surface area contributed by atoms with Crippen LogP contribution in [0.3, 0.4) is 0 Å². The van der Waals surface area contributed by atoms with Crippen LogP contribution in [0, 0.1) is 0 Å². The number of rotatable bonds is 6. The highest BCUT2D eigenvalue weighted by Crippen LogP contribution is 2.30. The van der Waals surface area contributed by atoms with Crippen molar-refractivity contribution in [1.29, 1.82) is 0 Å². The van der Waals surface area contributed by atoms with Crippen LogP contribution < -0.4 is 14.8 Å². The normalized spacial score (nSPS) is 14.7. The number of carboxylic acids is 1. The average Bonchev–Trinajstić information content (AvgIpc) is 2.61. The molecule has 1 heterocycles. The minimum absolute atomic E-state index is 0.000190. The number of carbonyl (C=O) groups excluding carboxylic acids is 1. The predicted molar refractivity (Wildman–Crippen MR) is 92.5 cm³/mol. The largest absolute Gasteiger partial charge is 0.482 e. The fraction of sp³-hybridized carbons (Fsp3) is 0.176. The first kappa shape index (κ1) is 17.9. The second-order valence-electron chi connectivity index (χ2n) is 5.70. The Morgan fingerprint density at radius 2 is 1.96 bits per heavy atom. The van der Waals surface area contributed by atoms with E-state index in [-0.39, 0.29) is 23.6 Å². The minimum atomic E-state index is -4.11. The molecule has 1 aliphatic rings. The van der Waals surface area contributed by atoms with Crippen LogP contribution in [0.2, 0.25) is 0 Å². The lowest BCUT2D eigenvalue weighted by Gasteiger charge is -2.19. The Hall–Kier alpha value is -2.91. The highest BCUT2D eigenvalue weighted by Gasteiger charge is 2.27. The van der Waals surface area contributed by atoms with Gasteiger partial charge in [-0.15, -0.1) is 0 Å². The summed E-state index contributed by atoms with van der Waals surface area (Å²) in [5, 5.41) is 11.9. The van der Waals surface area contributed by atoms with Gasteiger partial charge < -0.3 is 15.2 Å². The van der Waals surface area contributed by atoms with E-state index in [0.717, 1.165) is 0 Å². The molecular formula is C17H16N2O6S. The lowest BCUT2D eigenvalue weighted by atomic mass is 10.1. The monoisotopic (exact) mass is 376 g/mol. The number of aliphatic carboxylic acids is 1. The maximum atomic E-state index is 12.6. The zero-order chi connectivity index (χ0) is 18.7. The van der Waals surface area contributed by atoms with Gasteiger partial charge in [0.2, 0.25) is 10.0 Å². The molecule has 26 heavy (non-hydrogen) atoms. The Balaban J connectivity index is 1.83. The molecule has 3 rings (SSSR count). The van der Waals surface area contributed by atoms with E-state index in [1.165, 1.54) is 18.2 Å². The molecule has 1 unspecified atom stereocenters. The number of carboxylic acid groups (broad SMARTS) is 1. The number of carbonyl (C=O) groups is 2. The molecule has 0 bridgehead atoms. The van der Waals surface area contributed by atoms with Crippen LogP contribution in [0.4, 0.5) is 5.69 Å². The van der Waals surface area contributed by atoms with Crippen LogP contribution in [0.5, 0.6) is 5.75 Å². The predicted octanol–water partition coefficient (Wildman–Crippen LogP) is 0.992. The number of hydrogen-bond donors (Lipinski definition) is 3. The molecule has 1 aliphatic heterocycles. The molecule has 0 aromatic heterocycles. The van der Waals surface area contributed by atoms with E-state index in [0.29, 0.717) is 11.3 Å². The van der Waals surface area contributed by atoms with E-state index < -0.39 is 27.9 Å². The Bertz CT molecular complexity index is 943. The van der Waals surface area contributed by atoms with Crippen molar-refractivity contribution >= 4 is 27.6 Å². The van der Waals surface area contributed by atoms with Crippen LogP contribution in [0.1, 0.15) is 5.56 Å². The van der Waals surface area contributed by atoms with Crippen LogP contribution in [-0.4, -0.2) is 38.0 Å². The first-order chi connectivity index (χ1) is 12.3. The third-order valence-electron chi connectivity index (χ3n) is 3.77.